The van der Waals surface area contributed by atoms with E-state index in [2.05, 4.69) is 11.5 Å². The fraction of sp³-hybridized carbons (Fsp3) is 0.688. The molecular formula is C16H28NO+. The van der Waals surface area contributed by atoms with Gasteiger partial charge in [0.2, 0.25) is 6.20 Å². The van der Waals surface area contributed by atoms with E-state index in [1.165, 1.54) is 57.8 Å². The lowest BCUT2D eigenvalue weighted by atomic mass is 10.1. The Morgan fingerprint density at radius 3 is 2.17 bits per heavy atom. The largest absolute Gasteiger partial charge is 0.503 e. The average Bonchev–Trinajstić information content (AvgIpc) is 2.37. The predicted octanol–water partition coefficient (Wildman–Crippen LogP) is 4.21. The highest BCUT2D eigenvalue weighted by atomic mass is 16.3. The Morgan fingerprint density at radius 1 is 0.944 bits per heavy atom. The van der Waals surface area contributed by atoms with Crippen LogP contribution in [0.25, 0.3) is 0 Å². The molecule has 102 valence electrons. The van der Waals surface area contributed by atoms with E-state index >= 15 is 0 Å². The normalized spacial score (nSPS) is 10.7. The summed E-state index contributed by atoms with van der Waals surface area (Å²) in [7, 11) is 0. The summed E-state index contributed by atoms with van der Waals surface area (Å²) in [6, 6.07) is 3.61. The Hall–Kier alpha value is -1.05. The van der Waals surface area contributed by atoms with Gasteiger partial charge in [-0.05, 0) is 12.5 Å². The predicted molar refractivity (Wildman–Crippen MR) is 75.5 cm³/mol. The molecule has 1 aromatic heterocycles. The summed E-state index contributed by atoms with van der Waals surface area (Å²) >= 11 is 0. The fourth-order valence-electron chi connectivity index (χ4n) is 2.25. The molecule has 0 bridgehead atoms. The summed E-state index contributed by atoms with van der Waals surface area (Å²) in [4.78, 5) is 0. The van der Waals surface area contributed by atoms with Gasteiger partial charge in [0.05, 0.1) is 0 Å². The Balaban J connectivity index is 1.92. The molecule has 0 atom stereocenters. The molecule has 0 aliphatic rings. The van der Waals surface area contributed by atoms with Gasteiger partial charge in [0.15, 0.2) is 11.9 Å². The van der Waals surface area contributed by atoms with Crippen molar-refractivity contribution in [3.8, 4) is 5.75 Å². The number of aryl methyl sites for hydroxylation is 1. The lowest BCUT2D eigenvalue weighted by molar-refractivity contribution is -0.697. The first-order chi connectivity index (χ1) is 8.83. The monoisotopic (exact) mass is 250 g/mol. The summed E-state index contributed by atoms with van der Waals surface area (Å²) in [6.45, 7) is 3.28. The van der Waals surface area contributed by atoms with Crippen LogP contribution in [0.1, 0.15) is 64.7 Å². The SMILES string of the molecule is CCCCCCCCCCC[n+]1cccc(O)c1. The minimum atomic E-state index is 0.355. The van der Waals surface area contributed by atoms with E-state index in [1.807, 2.05) is 12.3 Å². The van der Waals surface area contributed by atoms with E-state index < -0.39 is 0 Å². The zero-order valence-electron chi connectivity index (χ0n) is 11.8. The summed E-state index contributed by atoms with van der Waals surface area (Å²) in [5.74, 6) is 0.355. The van der Waals surface area contributed by atoms with Gasteiger partial charge >= 0.3 is 0 Å². The molecule has 0 saturated carbocycles. The van der Waals surface area contributed by atoms with E-state index in [-0.39, 0.29) is 0 Å². The summed E-state index contributed by atoms with van der Waals surface area (Å²) < 4.78 is 2.07. The van der Waals surface area contributed by atoms with Crippen LogP contribution in [0.3, 0.4) is 0 Å². The zero-order chi connectivity index (χ0) is 13.1. The van der Waals surface area contributed by atoms with Gasteiger partial charge in [-0.3, -0.25) is 0 Å². The first kappa shape index (κ1) is 15.0. The summed E-state index contributed by atoms with van der Waals surface area (Å²) in [5.41, 5.74) is 0. The van der Waals surface area contributed by atoms with E-state index in [0.29, 0.717) is 5.75 Å². The van der Waals surface area contributed by atoms with E-state index in [4.69, 9.17) is 0 Å². The highest BCUT2D eigenvalue weighted by Gasteiger charge is 2.00. The van der Waals surface area contributed by atoms with Crippen molar-refractivity contribution >= 4 is 0 Å². The van der Waals surface area contributed by atoms with Crippen molar-refractivity contribution in [1.29, 1.82) is 0 Å². The lowest BCUT2D eigenvalue weighted by Gasteiger charge is -2.01. The van der Waals surface area contributed by atoms with Crippen LogP contribution >= 0.6 is 0 Å². The number of hydrogen-bond donors (Lipinski definition) is 1. The van der Waals surface area contributed by atoms with E-state index in [1.54, 1.807) is 12.3 Å². The van der Waals surface area contributed by atoms with E-state index in [0.717, 1.165) is 6.54 Å². The van der Waals surface area contributed by atoms with Gasteiger partial charge in [-0.15, -0.1) is 0 Å². The highest BCUT2D eigenvalue weighted by Crippen LogP contribution is 2.09. The Bertz CT molecular complexity index is 312. The van der Waals surface area contributed by atoms with Crippen molar-refractivity contribution in [1.82, 2.24) is 0 Å². The number of aromatic nitrogens is 1. The quantitative estimate of drug-likeness (QED) is 0.488. The summed E-state index contributed by atoms with van der Waals surface area (Å²) in [6.07, 6.45) is 16.0. The van der Waals surface area contributed by atoms with Crippen LogP contribution in [-0.2, 0) is 6.54 Å². The second-order valence-corrected chi connectivity index (χ2v) is 5.13. The standard InChI is InChI=1S/C16H27NO/c1-2-3-4-5-6-7-8-9-10-13-17-14-11-12-16(18)15-17/h11-12,14-15H,2-10,13H2,1H3/p+1. The van der Waals surface area contributed by atoms with Gasteiger partial charge in [0.25, 0.3) is 0 Å². The van der Waals surface area contributed by atoms with Crippen LogP contribution in [0.15, 0.2) is 24.5 Å². The Kier molecular flexibility index (Phi) is 8.28. The molecule has 0 aliphatic carbocycles. The molecule has 1 N–H and O–H groups in total. The van der Waals surface area contributed by atoms with Crippen molar-refractivity contribution in [2.75, 3.05) is 0 Å². The third-order valence-electron chi connectivity index (χ3n) is 3.36. The van der Waals surface area contributed by atoms with Crippen LogP contribution in [0, 0.1) is 0 Å². The van der Waals surface area contributed by atoms with Crippen molar-refractivity contribution in [2.24, 2.45) is 0 Å². The van der Waals surface area contributed by atoms with Crippen LogP contribution in [0.5, 0.6) is 5.75 Å². The molecule has 18 heavy (non-hydrogen) atoms. The molecule has 0 amide bonds. The van der Waals surface area contributed by atoms with Crippen molar-refractivity contribution < 1.29 is 9.67 Å². The maximum absolute atomic E-state index is 9.34. The van der Waals surface area contributed by atoms with Crippen molar-refractivity contribution in [3.63, 3.8) is 0 Å². The maximum Gasteiger partial charge on any atom is 0.210 e. The second kappa shape index (κ2) is 9.93. The van der Waals surface area contributed by atoms with Crippen molar-refractivity contribution in [3.05, 3.63) is 24.5 Å². The molecule has 0 aliphatic heterocycles. The van der Waals surface area contributed by atoms with Crippen LogP contribution < -0.4 is 4.57 Å². The Labute approximate surface area is 112 Å². The fourth-order valence-corrected chi connectivity index (χ4v) is 2.25. The van der Waals surface area contributed by atoms with Gasteiger partial charge in [-0.25, -0.2) is 4.57 Å². The Morgan fingerprint density at radius 2 is 1.56 bits per heavy atom. The average molecular weight is 250 g/mol. The summed E-state index contributed by atoms with van der Waals surface area (Å²) in [5, 5.41) is 9.34. The molecule has 2 heteroatoms. The molecule has 2 nitrogen and oxygen atoms in total. The van der Waals surface area contributed by atoms with Gasteiger partial charge in [-0.1, -0.05) is 51.9 Å². The topological polar surface area (TPSA) is 24.1 Å². The maximum atomic E-state index is 9.34. The molecule has 0 fully saturated rings. The molecule has 0 saturated heterocycles. The number of pyridine rings is 1. The van der Waals surface area contributed by atoms with Gasteiger partial charge in [0, 0.05) is 12.5 Å². The van der Waals surface area contributed by atoms with Crippen LogP contribution in [0.4, 0.5) is 0 Å². The van der Waals surface area contributed by atoms with Gasteiger partial charge in [-0.2, -0.15) is 0 Å². The molecule has 0 aromatic carbocycles. The molecule has 0 radical (unpaired) electrons. The molecular weight excluding hydrogens is 222 g/mol. The van der Waals surface area contributed by atoms with Crippen LogP contribution in [0.2, 0.25) is 0 Å². The number of nitrogens with zero attached hydrogens (tertiary/aromatic N) is 1. The third-order valence-corrected chi connectivity index (χ3v) is 3.36. The first-order valence-corrected chi connectivity index (χ1v) is 7.51. The number of rotatable bonds is 10. The zero-order valence-corrected chi connectivity index (χ0v) is 11.8. The van der Waals surface area contributed by atoms with E-state index in [9.17, 15) is 5.11 Å². The smallest absolute Gasteiger partial charge is 0.210 e. The third kappa shape index (κ3) is 7.31. The van der Waals surface area contributed by atoms with Gasteiger partial charge in [0.1, 0.15) is 6.54 Å². The number of aromatic hydroxyl groups is 1. The minimum absolute atomic E-state index is 0.355. The molecule has 0 spiro atoms. The lowest BCUT2D eigenvalue weighted by Crippen LogP contribution is -2.32. The van der Waals surface area contributed by atoms with Crippen molar-refractivity contribution in [2.45, 2.75) is 71.3 Å². The molecule has 1 rings (SSSR count). The highest BCUT2D eigenvalue weighted by molar-refractivity contribution is 5.09. The first-order valence-electron chi connectivity index (χ1n) is 7.51. The van der Waals surface area contributed by atoms with Crippen LogP contribution in [-0.4, -0.2) is 5.11 Å². The molecule has 1 aromatic rings. The second-order valence-electron chi connectivity index (χ2n) is 5.13. The van der Waals surface area contributed by atoms with Gasteiger partial charge < -0.3 is 5.11 Å². The number of unbranched alkanes of at least 4 members (excludes halogenated alkanes) is 8. The molecule has 0 unspecified atom stereocenters. The molecule has 1 heterocycles. The minimum Gasteiger partial charge on any atom is -0.503 e. The number of hydrogen-bond acceptors (Lipinski definition) is 1.